The van der Waals surface area contributed by atoms with Crippen LogP contribution in [0.1, 0.15) is 30.4 Å². The molecular formula is C22H23N. The lowest BCUT2D eigenvalue weighted by Crippen LogP contribution is -2.28. The first kappa shape index (κ1) is 15.4. The fourth-order valence-electron chi connectivity index (χ4n) is 3.03. The van der Waals surface area contributed by atoms with Crippen LogP contribution in [0.25, 0.3) is 11.3 Å². The first-order chi connectivity index (χ1) is 11.2. The first-order valence-electron chi connectivity index (χ1n) is 8.18. The third-order valence-corrected chi connectivity index (χ3v) is 4.42. The quantitative estimate of drug-likeness (QED) is 0.775. The van der Waals surface area contributed by atoms with Crippen molar-refractivity contribution < 1.29 is 0 Å². The normalized spacial score (nSPS) is 17.2. The van der Waals surface area contributed by atoms with Gasteiger partial charge in [0.1, 0.15) is 0 Å². The predicted molar refractivity (Wildman–Crippen MR) is 99.8 cm³/mol. The third-order valence-electron chi connectivity index (χ3n) is 4.42. The zero-order valence-corrected chi connectivity index (χ0v) is 13.5. The molecule has 23 heavy (non-hydrogen) atoms. The molecule has 0 saturated heterocycles. The molecule has 0 radical (unpaired) electrons. The van der Waals surface area contributed by atoms with Crippen LogP contribution in [0.3, 0.4) is 0 Å². The summed E-state index contributed by atoms with van der Waals surface area (Å²) >= 11 is 0. The molecule has 0 aromatic heterocycles. The van der Waals surface area contributed by atoms with Gasteiger partial charge in [-0.2, -0.15) is 0 Å². The van der Waals surface area contributed by atoms with E-state index >= 15 is 0 Å². The molecule has 3 rings (SSSR count). The van der Waals surface area contributed by atoms with Crippen molar-refractivity contribution in [3.63, 3.8) is 0 Å². The minimum Gasteiger partial charge on any atom is -0.382 e. The molecule has 1 unspecified atom stereocenters. The van der Waals surface area contributed by atoms with Gasteiger partial charge in [-0.15, -0.1) is 0 Å². The van der Waals surface area contributed by atoms with Gasteiger partial charge in [-0.3, -0.25) is 0 Å². The molecule has 0 fully saturated rings. The summed E-state index contributed by atoms with van der Waals surface area (Å²) in [4.78, 5) is 0. The Bertz CT molecular complexity index is 710. The van der Waals surface area contributed by atoms with Crippen molar-refractivity contribution in [2.24, 2.45) is 0 Å². The van der Waals surface area contributed by atoms with Crippen LogP contribution in [0.5, 0.6) is 0 Å². The smallest absolute Gasteiger partial charge is 0.0343 e. The average Bonchev–Trinajstić information content (AvgIpc) is 2.63. The van der Waals surface area contributed by atoms with Crippen molar-refractivity contribution in [1.82, 2.24) is 5.32 Å². The highest BCUT2D eigenvalue weighted by Crippen LogP contribution is 2.30. The molecule has 0 saturated carbocycles. The van der Waals surface area contributed by atoms with E-state index < -0.39 is 0 Å². The van der Waals surface area contributed by atoms with Crippen molar-refractivity contribution >= 4 is 11.3 Å². The van der Waals surface area contributed by atoms with E-state index in [0.29, 0.717) is 6.04 Å². The molecule has 1 nitrogen and oxygen atoms in total. The zero-order valence-electron chi connectivity index (χ0n) is 13.5. The van der Waals surface area contributed by atoms with Crippen LogP contribution in [0.2, 0.25) is 0 Å². The minimum absolute atomic E-state index is 0.454. The van der Waals surface area contributed by atoms with Crippen molar-refractivity contribution in [2.45, 2.75) is 25.3 Å². The average molecular weight is 301 g/mol. The van der Waals surface area contributed by atoms with Gasteiger partial charge >= 0.3 is 0 Å². The van der Waals surface area contributed by atoms with Gasteiger partial charge in [-0.05, 0) is 41.5 Å². The molecule has 2 aromatic carbocycles. The van der Waals surface area contributed by atoms with E-state index in [1.807, 2.05) is 24.3 Å². The van der Waals surface area contributed by atoms with Gasteiger partial charge < -0.3 is 5.32 Å². The summed E-state index contributed by atoms with van der Waals surface area (Å²) in [5.41, 5.74) is 5.93. The highest BCUT2D eigenvalue weighted by molar-refractivity contribution is 5.77. The van der Waals surface area contributed by atoms with Crippen LogP contribution >= 0.6 is 0 Å². The summed E-state index contributed by atoms with van der Waals surface area (Å²) in [6.45, 7) is 8.45. The van der Waals surface area contributed by atoms with Crippen LogP contribution in [-0.4, -0.2) is 6.04 Å². The SMILES string of the molecule is C=C(NC1CC=C(C(=C)c2ccccc2)CC1)c1ccccc1. The Labute approximate surface area is 139 Å². The summed E-state index contributed by atoms with van der Waals surface area (Å²) in [6, 6.07) is 21.2. The number of hydrogen-bond donors (Lipinski definition) is 1. The molecule has 0 bridgehead atoms. The van der Waals surface area contributed by atoms with Crippen LogP contribution in [-0.2, 0) is 0 Å². The van der Waals surface area contributed by atoms with Crippen molar-refractivity contribution in [2.75, 3.05) is 0 Å². The Morgan fingerprint density at radius 1 is 0.870 bits per heavy atom. The van der Waals surface area contributed by atoms with E-state index in [1.165, 1.54) is 11.1 Å². The summed E-state index contributed by atoms with van der Waals surface area (Å²) in [5.74, 6) is 0. The number of nitrogens with one attached hydrogen (secondary N) is 1. The standard InChI is InChI=1S/C22H23N/c1-17(19-9-5-3-6-10-19)20-13-15-22(16-14-20)23-18(2)21-11-7-4-8-12-21/h3-13,22-23H,1-2,14-16H2. The van der Waals surface area contributed by atoms with Gasteiger partial charge in [0.25, 0.3) is 0 Å². The monoisotopic (exact) mass is 301 g/mol. The summed E-state index contributed by atoms with van der Waals surface area (Å²) in [5, 5.41) is 3.57. The minimum atomic E-state index is 0.454. The summed E-state index contributed by atoms with van der Waals surface area (Å²) in [6.07, 6.45) is 5.53. The molecule has 1 aliphatic carbocycles. The first-order valence-corrected chi connectivity index (χ1v) is 8.18. The lowest BCUT2D eigenvalue weighted by molar-refractivity contribution is 0.538. The van der Waals surface area contributed by atoms with Crippen molar-refractivity contribution in [3.8, 4) is 0 Å². The van der Waals surface area contributed by atoms with E-state index in [2.05, 4.69) is 60.9 Å². The van der Waals surface area contributed by atoms with Crippen molar-refractivity contribution in [3.05, 3.63) is 96.6 Å². The van der Waals surface area contributed by atoms with E-state index in [1.54, 1.807) is 0 Å². The lowest BCUT2D eigenvalue weighted by Gasteiger charge is -2.26. The maximum atomic E-state index is 4.28. The second-order valence-electron chi connectivity index (χ2n) is 6.03. The van der Waals surface area contributed by atoms with Gasteiger partial charge in [0.15, 0.2) is 0 Å². The van der Waals surface area contributed by atoms with Crippen LogP contribution < -0.4 is 5.32 Å². The zero-order chi connectivity index (χ0) is 16.1. The van der Waals surface area contributed by atoms with E-state index in [4.69, 9.17) is 0 Å². The summed E-state index contributed by atoms with van der Waals surface area (Å²) < 4.78 is 0. The van der Waals surface area contributed by atoms with Crippen LogP contribution in [0, 0.1) is 0 Å². The van der Waals surface area contributed by atoms with Gasteiger partial charge in [0.05, 0.1) is 0 Å². The van der Waals surface area contributed by atoms with E-state index in [-0.39, 0.29) is 0 Å². The lowest BCUT2D eigenvalue weighted by atomic mass is 9.88. The number of hydrogen-bond acceptors (Lipinski definition) is 1. The Kier molecular flexibility index (Phi) is 4.77. The topological polar surface area (TPSA) is 12.0 Å². The Morgan fingerprint density at radius 2 is 1.48 bits per heavy atom. The highest BCUT2D eigenvalue weighted by Gasteiger charge is 2.17. The Balaban J connectivity index is 1.60. The van der Waals surface area contributed by atoms with Crippen molar-refractivity contribution in [1.29, 1.82) is 0 Å². The predicted octanol–water partition coefficient (Wildman–Crippen LogP) is 5.44. The number of allylic oxidation sites excluding steroid dienone is 2. The fourth-order valence-corrected chi connectivity index (χ4v) is 3.03. The Morgan fingerprint density at radius 3 is 2.04 bits per heavy atom. The second-order valence-corrected chi connectivity index (χ2v) is 6.03. The number of rotatable bonds is 5. The van der Waals surface area contributed by atoms with E-state index in [0.717, 1.165) is 36.1 Å². The number of benzene rings is 2. The molecular weight excluding hydrogens is 278 g/mol. The fraction of sp³-hybridized carbons (Fsp3) is 0.182. The van der Waals surface area contributed by atoms with Crippen LogP contribution in [0.15, 0.2) is 85.5 Å². The van der Waals surface area contributed by atoms with E-state index in [9.17, 15) is 0 Å². The molecule has 0 aliphatic heterocycles. The van der Waals surface area contributed by atoms with Crippen LogP contribution in [0.4, 0.5) is 0 Å². The molecule has 1 aliphatic rings. The maximum Gasteiger partial charge on any atom is 0.0343 e. The molecule has 0 amide bonds. The Hall–Kier alpha value is -2.54. The molecule has 0 heterocycles. The molecule has 2 aromatic rings. The molecule has 0 spiro atoms. The highest BCUT2D eigenvalue weighted by atomic mass is 14.9. The molecule has 1 atom stereocenters. The van der Waals surface area contributed by atoms with Gasteiger partial charge in [-0.1, -0.05) is 79.9 Å². The summed E-state index contributed by atoms with van der Waals surface area (Å²) in [7, 11) is 0. The molecule has 116 valence electrons. The molecule has 1 heteroatoms. The molecule has 1 N–H and O–H groups in total. The van der Waals surface area contributed by atoms with Gasteiger partial charge in [0, 0.05) is 11.7 Å². The van der Waals surface area contributed by atoms with Gasteiger partial charge in [-0.25, -0.2) is 0 Å². The maximum absolute atomic E-state index is 4.28. The largest absolute Gasteiger partial charge is 0.382 e. The second kappa shape index (κ2) is 7.15. The third kappa shape index (κ3) is 3.81. The van der Waals surface area contributed by atoms with Gasteiger partial charge in [0.2, 0.25) is 0 Å².